The minimum Gasteiger partial charge on any atom is -0.479 e. The quantitative estimate of drug-likeness (QED) is 0.745. The fraction of sp³-hybridized carbons (Fsp3) is 0.533. The predicted octanol–water partition coefficient (Wildman–Crippen LogP) is 2.51. The lowest BCUT2D eigenvalue weighted by atomic mass is 10.2. The number of halogens is 1. The Hall–Kier alpha value is -1.62. The molecule has 5 heteroatoms. The molecular weight excluding hydrogens is 261 g/mol. The van der Waals surface area contributed by atoms with E-state index in [4.69, 9.17) is 9.47 Å². The highest BCUT2D eigenvalue weighted by molar-refractivity contribution is 5.71. The van der Waals surface area contributed by atoms with Gasteiger partial charge in [0.25, 0.3) is 0 Å². The lowest BCUT2D eigenvalue weighted by Gasteiger charge is -2.10. The molecule has 0 atom stereocenters. The molecule has 0 amide bonds. The molecule has 0 aliphatic heterocycles. The topological polar surface area (TPSA) is 47.6 Å². The first kappa shape index (κ1) is 16.4. The highest BCUT2D eigenvalue weighted by Crippen LogP contribution is 2.18. The minimum atomic E-state index is -0.505. The molecule has 0 bridgehead atoms. The van der Waals surface area contributed by atoms with Crippen molar-refractivity contribution in [1.29, 1.82) is 0 Å². The van der Waals surface area contributed by atoms with Crippen molar-refractivity contribution in [2.24, 2.45) is 5.92 Å². The molecule has 4 nitrogen and oxygen atoms in total. The number of hydrogen-bond donors (Lipinski definition) is 1. The van der Waals surface area contributed by atoms with Gasteiger partial charge in [0.15, 0.2) is 18.2 Å². The van der Waals surface area contributed by atoms with E-state index in [1.165, 1.54) is 12.1 Å². The van der Waals surface area contributed by atoms with E-state index in [0.29, 0.717) is 12.5 Å². The van der Waals surface area contributed by atoms with Crippen molar-refractivity contribution in [1.82, 2.24) is 5.32 Å². The third-order valence-corrected chi connectivity index (χ3v) is 2.53. The van der Waals surface area contributed by atoms with Crippen molar-refractivity contribution in [3.05, 3.63) is 29.6 Å². The van der Waals surface area contributed by atoms with Gasteiger partial charge in [-0.05, 0) is 37.1 Å². The summed E-state index contributed by atoms with van der Waals surface area (Å²) in [6, 6.07) is 4.71. The molecule has 1 rings (SSSR count). The average molecular weight is 283 g/mol. The van der Waals surface area contributed by atoms with Crippen LogP contribution in [0, 0.1) is 11.7 Å². The standard InChI is InChI=1S/C15H22FNO3/c1-4-19-15(18)10-20-14-6-5-12(7-13(14)16)9-17-8-11(2)3/h5-7,11,17H,4,8-10H2,1-3H3. The average Bonchev–Trinajstić information content (AvgIpc) is 2.37. The maximum Gasteiger partial charge on any atom is 0.344 e. The smallest absolute Gasteiger partial charge is 0.344 e. The molecule has 20 heavy (non-hydrogen) atoms. The third-order valence-electron chi connectivity index (χ3n) is 2.53. The number of benzene rings is 1. The lowest BCUT2D eigenvalue weighted by Crippen LogP contribution is -2.19. The Labute approximate surface area is 119 Å². The molecule has 0 aliphatic rings. The van der Waals surface area contributed by atoms with E-state index in [2.05, 4.69) is 19.2 Å². The Kier molecular flexibility index (Phi) is 7.01. The Bertz CT molecular complexity index is 435. The van der Waals surface area contributed by atoms with Crippen LogP contribution in [-0.2, 0) is 16.1 Å². The summed E-state index contributed by atoms with van der Waals surface area (Å²) in [4.78, 5) is 11.1. The SMILES string of the molecule is CCOC(=O)COc1ccc(CNCC(C)C)cc1F. The molecule has 1 aromatic rings. The maximum atomic E-state index is 13.8. The van der Waals surface area contributed by atoms with E-state index in [9.17, 15) is 9.18 Å². The molecule has 0 radical (unpaired) electrons. The summed E-state index contributed by atoms with van der Waals surface area (Å²) in [6.45, 7) is 7.41. The molecule has 1 aromatic carbocycles. The van der Waals surface area contributed by atoms with Gasteiger partial charge in [-0.1, -0.05) is 19.9 Å². The van der Waals surface area contributed by atoms with Crippen molar-refractivity contribution in [3.63, 3.8) is 0 Å². The van der Waals surface area contributed by atoms with Crippen LogP contribution in [0.4, 0.5) is 4.39 Å². The highest BCUT2D eigenvalue weighted by atomic mass is 19.1. The first-order chi connectivity index (χ1) is 9.52. The highest BCUT2D eigenvalue weighted by Gasteiger charge is 2.08. The van der Waals surface area contributed by atoms with Gasteiger partial charge in [0.05, 0.1) is 6.61 Å². The molecule has 0 spiro atoms. The Balaban J connectivity index is 2.48. The third kappa shape index (κ3) is 6.02. The van der Waals surface area contributed by atoms with E-state index in [1.54, 1.807) is 13.0 Å². The van der Waals surface area contributed by atoms with E-state index in [-0.39, 0.29) is 19.0 Å². The number of rotatable bonds is 8. The number of hydrogen-bond acceptors (Lipinski definition) is 4. The number of nitrogens with one attached hydrogen (secondary N) is 1. The van der Waals surface area contributed by atoms with Crippen molar-refractivity contribution >= 4 is 5.97 Å². The van der Waals surface area contributed by atoms with Gasteiger partial charge in [0.2, 0.25) is 0 Å². The normalized spacial score (nSPS) is 10.7. The molecule has 0 aliphatic carbocycles. The zero-order valence-electron chi connectivity index (χ0n) is 12.2. The molecular formula is C15H22FNO3. The van der Waals surface area contributed by atoms with Gasteiger partial charge >= 0.3 is 5.97 Å². The van der Waals surface area contributed by atoms with Crippen LogP contribution < -0.4 is 10.1 Å². The second-order valence-electron chi connectivity index (χ2n) is 4.88. The molecule has 0 aromatic heterocycles. The van der Waals surface area contributed by atoms with Crippen LogP contribution in [0.3, 0.4) is 0 Å². The largest absolute Gasteiger partial charge is 0.479 e. The summed E-state index contributed by atoms with van der Waals surface area (Å²) in [5.74, 6) is -0.370. The van der Waals surface area contributed by atoms with Crippen LogP contribution in [0.15, 0.2) is 18.2 Å². The zero-order chi connectivity index (χ0) is 15.0. The first-order valence-electron chi connectivity index (χ1n) is 6.80. The monoisotopic (exact) mass is 283 g/mol. The van der Waals surface area contributed by atoms with Gasteiger partial charge in [-0.25, -0.2) is 9.18 Å². The maximum absolute atomic E-state index is 13.8. The van der Waals surface area contributed by atoms with E-state index in [0.717, 1.165) is 12.1 Å². The van der Waals surface area contributed by atoms with Gasteiger partial charge in [0.1, 0.15) is 0 Å². The van der Waals surface area contributed by atoms with Gasteiger partial charge in [-0.3, -0.25) is 0 Å². The molecule has 0 fully saturated rings. The van der Waals surface area contributed by atoms with Crippen LogP contribution in [0.25, 0.3) is 0 Å². The van der Waals surface area contributed by atoms with Gasteiger partial charge in [-0.15, -0.1) is 0 Å². The predicted molar refractivity (Wildman–Crippen MR) is 75.1 cm³/mol. The van der Waals surface area contributed by atoms with Crippen LogP contribution >= 0.6 is 0 Å². The summed E-state index contributed by atoms with van der Waals surface area (Å²) < 4.78 is 23.6. The summed E-state index contributed by atoms with van der Waals surface area (Å²) in [7, 11) is 0. The fourth-order valence-corrected chi connectivity index (χ4v) is 1.62. The lowest BCUT2D eigenvalue weighted by molar-refractivity contribution is -0.145. The van der Waals surface area contributed by atoms with Gasteiger partial charge in [-0.2, -0.15) is 0 Å². The summed E-state index contributed by atoms with van der Waals surface area (Å²) in [5, 5.41) is 3.23. The van der Waals surface area contributed by atoms with E-state index in [1.807, 2.05) is 0 Å². The number of ether oxygens (including phenoxy) is 2. The molecule has 0 heterocycles. The summed E-state index contributed by atoms with van der Waals surface area (Å²) in [6.07, 6.45) is 0. The van der Waals surface area contributed by atoms with E-state index < -0.39 is 11.8 Å². The minimum absolute atomic E-state index is 0.0608. The molecule has 1 N–H and O–H groups in total. The Morgan fingerprint density at radius 2 is 2.15 bits per heavy atom. The number of carbonyl (C=O) groups is 1. The van der Waals surface area contributed by atoms with Gasteiger partial charge in [0, 0.05) is 6.54 Å². The fourth-order valence-electron chi connectivity index (χ4n) is 1.62. The second kappa shape index (κ2) is 8.53. The first-order valence-corrected chi connectivity index (χ1v) is 6.80. The molecule has 0 saturated carbocycles. The second-order valence-corrected chi connectivity index (χ2v) is 4.88. The van der Waals surface area contributed by atoms with Crippen LogP contribution in [0.2, 0.25) is 0 Å². The van der Waals surface area contributed by atoms with Crippen LogP contribution in [0.1, 0.15) is 26.3 Å². The molecule has 0 unspecified atom stereocenters. The van der Waals surface area contributed by atoms with Crippen LogP contribution in [0.5, 0.6) is 5.75 Å². The summed E-state index contributed by atoms with van der Waals surface area (Å²) >= 11 is 0. The van der Waals surface area contributed by atoms with Crippen molar-refractivity contribution in [3.8, 4) is 5.75 Å². The van der Waals surface area contributed by atoms with Gasteiger partial charge < -0.3 is 14.8 Å². The molecule has 112 valence electrons. The van der Waals surface area contributed by atoms with Crippen molar-refractivity contribution in [2.45, 2.75) is 27.3 Å². The van der Waals surface area contributed by atoms with E-state index >= 15 is 0 Å². The zero-order valence-corrected chi connectivity index (χ0v) is 12.2. The Morgan fingerprint density at radius 3 is 2.75 bits per heavy atom. The molecule has 0 saturated heterocycles. The number of esters is 1. The summed E-state index contributed by atoms with van der Waals surface area (Å²) in [5.41, 5.74) is 0.839. The number of carbonyl (C=O) groups excluding carboxylic acids is 1. The van der Waals surface area contributed by atoms with Crippen molar-refractivity contribution < 1.29 is 18.7 Å². The van der Waals surface area contributed by atoms with Crippen molar-refractivity contribution in [2.75, 3.05) is 19.8 Å². The Morgan fingerprint density at radius 1 is 1.40 bits per heavy atom. The van der Waals surface area contributed by atoms with Crippen LogP contribution in [-0.4, -0.2) is 25.7 Å².